The first-order valence-electron chi connectivity index (χ1n) is 5.20. The van der Waals surface area contributed by atoms with Crippen molar-refractivity contribution in [2.24, 2.45) is 0 Å². The van der Waals surface area contributed by atoms with Gasteiger partial charge in [-0.05, 0) is 33.4 Å². The summed E-state index contributed by atoms with van der Waals surface area (Å²) in [5.41, 5.74) is -0.571. The summed E-state index contributed by atoms with van der Waals surface area (Å²) in [6.07, 6.45) is 1.21. The fourth-order valence-electron chi connectivity index (χ4n) is 1.95. The number of hydrogen-bond acceptors (Lipinski definition) is 3. The van der Waals surface area contributed by atoms with Crippen molar-refractivity contribution in [1.29, 1.82) is 0 Å². The van der Waals surface area contributed by atoms with Gasteiger partial charge in [-0.15, -0.1) is 0 Å². The van der Waals surface area contributed by atoms with Crippen molar-refractivity contribution in [2.75, 3.05) is 26.2 Å². The molecule has 0 radical (unpaired) electrons. The standard InChI is InChI=1S/C10H22N2O/c1-4-12(8-10(2,3)13)9-5-6-11-7-9/h9,11,13H,4-8H2,1-3H3. The number of nitrogens with zero attached hydrogens (tertiary/aromatic N) is 1. The smallest absolute Gasteiger partial charge is 0.0718 e. The summed E-state index contributed by atoms with van der Waals surface area (Å²) in [5.74, 6) is 0. The van der Waals surface area contributed by atoms with Gasteiger partial charge >= 0.3 is 0 Å². The summed E-state index contributed by atoms with van der Waals surface area (Å²) in [6, 6.07) is 0.622. The van der Waals surface area contributed by atoms with Crippen LogP contribution in [0, 0.1) is 0 Å². The van der Waals surface area contributed by atoms with Crippen LogP contribution in [0.5, 0.6) is 0 Å². The third-order valence-electron chi connectivity index (χ3n) is 2.55. The van der Waals surface area contributed by atoms with Crippen LogP contribution in [0.3, 0.4) is 0 Å². The molecule has 0 spiro atoms. The van der Waals surface area contributed by atoms with Gasteiger partial charge in [0.2, 0.25) is 0 Å². The van der Waals surface area contributed by atoms with Gasteiger partial charge in [0.25, 0.3) is 0 Å². The Bertz CT molecular complexity index is 147. The maximum absolute atomic E-state index is 9.72. The van der Waals surface area contributed by atoms with Crippen LogP contribution in [-0.2, 0) is 0 Å². The van der Waals surface area contributed by atoms with Gasteiger partial charge in [0.15, 0.2) is 0 Å². The zero-order chi connectivity index (χ0) is 9.90. The van der Waals surface area contributed by atoms with Crippen LogP contribution in [0.25, 0.3) is 0 Å². The highest BCUT2D eigenvalue weighted by Crippen LogP contribution is 2.12. The van der Waals surface area contributed by atoms with Crippen molar-refractivity contribution in [3.63, 3.8) is 0 Å². The molecule has 3 heteroatoms. The van der Waals surface area contributed by atoms with E-state index in [4.69, 9.17) is 0 Å². The molecule has 1 heterocycles. The minimum absolute atomic E-state index is 0.571. The van der Waals surface area contributed by atoms with E-state index in [1.807, 2.05) is 13.8 Å². The Labute approximate surface area is 81.1 Å². The molecule has 3 nitrogen and oxygen atoms in total. The first-order valence-corrected chi connectivity index (χ1v) is 5.20. The molecular formula is C10H22N2O. The van der Waals surface area contributed by atoms with Gasteiger partial charge in [0.05, 0.1) is 5.60 Å². The van der Waals surface area contributed by atoms with E-state index in [0.717, 1.165) is 26.2 Å². The molecule has 1 saturated heterocycles. The molecule has 1 rings (SSSR count). The van der Waals surface area contributed by atoms with Crippen LogP contribution in [0.4, 0.5) is 0 Å². The van der Waals surface area contributed by atoms with Crippen molar-refractivity contribution in [2.45, 2.75) is 38.8 Å². The van der Waals surface area contributed by atoms with E-state index >= 15 is 0 Å². The second kappa shape index (κ2) is 4.40. The number of likely N-dealkylation sites (N-methyl/N-ethyl adjacent to an activating group) is 1. The molecule has 0 aromatic carbocycles. The van der Waals surface area contributed by atoms with E-state index in [1.165, 1.54) is 6.42 Å². The molecule has 1 atom stereocenters. The Morgan fingerprint density at radius 2 is 2.23 bits per heavy atom. The molecule has 1 unspecified atom stereocenters. The summed E-state index contributed by atoms with van der Waals surface area (Å²) in [6.45, 7) is 9.89. The molecule has 1 fully saturated rings. The maximum Gasteiger partial charge on any atom is 0.0718 e. The lowest BCUT2D eigenvalue weighted by atomic mass is 10.1. The Balaban J connectivity index is 2.42. The predicted molar refractivity (Wildman–Crippen MR) is 54.8 cm³/mol. The second-order valence-electron chi connectivity index (χ2n) is 4.52. The summed E-state index contributed by atoms with van der Waals surface area (Å²) < 4.78 is 0. The highest BCUT2D eigenvalue weighted by Gasteiger charge is 2.25. The number of hydrogen-bond donors (Lipinski definition) is 2. The summed E-state index contributed by atoms with van der Waals surface area (Å²) in [4.78, 5) is 2.36. The highest BCUT2D eigenvalue weighted by molar-refractivity contribution is 4.83. The van der Waals surface area contributed by atoms with Crippen molar-refractivity contribution in [3.05, 3.63) is 0 Å². The van der Waals surface area contributed by atoms with Gasteiger partial charge in [0.1, 0.15) is 0 Å². The number of aliphatic hydroxyl groups is 1. The SMILES string of the molecule is CCN(CC(C)(C)O)C1CCNC1. The molecular weight excluding hydrogens is 164 g/mol. The maximum atomic E-state index is 9.72. The third kappa shape index (κ3) is 3.63. The molecule has 1 aliphatic rings. The minimum Gasteiger partial charge on any atom is -0.389 e. The Morgan fingerprint density at radius 3 is 2.62 bits per heavy atom. The van der Waals surface area contributed by atoms with Crippen molar-refractivity contribution in [1.82, 2.24) is 10.2 Å². The zero-order valence-corrected chi connectivity index (χ0v) is 9.01. The molecule has 2 N–H and O–H groups in total. The number of nitrogens with one attached hydrogen (secondary N) is 1. The zero-order valence-electron chi connectivity index (χ0n) is 9.01. The van der Waals surface area contributed by atoms with Crippen LogP contribution in [-0.4, -0.2) is 47.8 Å². The van der Waals surface area contributed by atoms with E-state index in [1.54, 1.807) is 0 Å². The third-order valence-corrected chi connectivity index (χ3v) is 2.55. The summed E-state index contributed by atoms with van der Waals surface area (Å²) in [5, 5.41) is 13.1. The topological polar surface area (TPSA) is 35.5 Å². The van der Waals surface area contributed by atoms with Crippen LogP contribution >= 0.6 is 0 Å². The second-order valence-corrected chi connectivity index (χ2v) is 4.52. The van der Waals surface area contributed by atoms with Gasteiger partial charge in [-0.3, -0.25) is 4.90 Å². The van der Waals surface area contributed by atoms with E-state index < -0.39 is 5.60 Å². The van der Waals surface area contributed by atoms with Crippen LogP contribution in [0.1, 0.15) is 27.2 Å². The Morgan fingerprint density at radius 1 is 1.54 bits per heavy atom. The molecule has 0 aromatic heterocycles. The Hall–Kier alpha value is -0.120. The van der Waals surface area contributed by atoms with Gasteiger partial charge in [-0.25, -0.2) is 0 Å². The quantitative estimate of drug-likeness (QED) is 0.669. The minimum atomic E-state index is -0.571. The molecule has 0 aromatic rings. The summed E-state index contributed by atoms with van der Waals surface area (Å²) in [7, 11) is 0. The van der Waals surface area contributed by atoms with Gasteiger partial charge < -0.3 is 10.4 Å². The number of rotatable bonds is 4. The van der Waals surface area contributed by atoms with E-state index in [2.05, 4.69) is 17.1 Å². The summed E-state index contributed by atoms with van der Waals surface area (Å²) >= 11 is 0. The largest absolute Gasteiger partial charge is 0.389 e. The normalized spacial score (nSPS) is 24.2. The first-order chi connectivity index (χ1) is 6.03. The Kier molecular flexibility index (Phi) is 3.71. The molecule has 1 aliphatic heterocycles. The average molecular weight is 186 g/mol. The van der Waals surface area contributed by atoms with Gasteiger partial charge in [-0.1, -0.05) is 6.92 Å². The monoisotopic (exact) mass is 186 g/mol. The molecule has 0 aliphatic carbocycles. The molecule has 0 amide bonds. The van der Waals surface area contributed by atoms with E-state index in [9.17, 15) is 5.11 Å². The lowest BCUT2D eigenvalue weighted by Crippen LogP contribution is -2.45. The molecule has 13 heavy (non-hydrogen) atoms. The van der Waals surface area contributed by atoms with Gasteiger partial charge in [-0.2, -0.15) is 0 Å². The lowest BCUT2D eigenvalue weighted by Gasteiger charge is -2.32. The van der Waals surface area contributed by atoms with Crippen molar-refractivity contribution in [3.8, 4) is 0 Å². The molecule has 0 saturated carbocycles. The first kappa shape index (κ1) is 11.0. The van der Waals surface area contributed by atoms with E-state index in [-0.39, 0.29) is 0 Å². The average Bonchev–Trinajstić information content (AvgIpc) is 2.50. The van der Waals surface area contributed by atoms with Crippen molar-refractivity contribution >= 4 is 0 Å². The fourth-order valence-corrected chi connectivity index (χ4v) is 1.95. The van der Waals surface area contributed by atoms with Crippen LogP contribution in [0.15, 0.2) is 0 Å². The predicted octanol–water partition coefficient (Wildman–Crippen LogP) is 0.441. The fraction of sp³-hybridized carbons (Fsp3) is 1.00. The lowest BCUT2D eigenvalue weighted by molar-refractivity contribution is 0.0254. The molecule has 78 valence electrons. The van der Waals surface area contributed by atoms with Crippen molar-refractivity contribution < 1.29 is 5.11 Å². The molecule has 0 bridgehead atoms. The highest BCUT2D eigenvalue weighted by atomic mass is 16.3. The van der Waals surface area contributed by atoms with Crippen LogP contribution in [0.2, 0.25) is 0 Å². The van der Waals surface area contributed by atoms with Crippen LogP contribution < -0.4 is 5.32 Å². The van der Waals surface area contributed by atoms with Gasteiger partial charge in [0, 0.05) is 19.1 Å². The van der Waals surface area contributed by atoms with E-state index in [0.29, 0.717) is 6.04 Å².